The molecule has 0 atom stereocenters. The maximum absolute atomic E-state index is 11.9. The van der Waals surface area contributed by atoms with Crippen molar-refractivity contribution in [2.75, 3.05) is 13.2 Å². The van der Waals surface area contributed by atoms with Crippen LogP contribution in [0.2, 0.25) is 0 Å². The Kier molecular flexibility index (Phi) is 5.15. The Morgan fingerprint density at radius 1 is 1.35 bits per heavy atom. The van der Waals surface area contributed by atoms with Crippen molar-refractivity contribution in [3.63, 3.8) is 0 Å². The van der Waals surface area contributed by atoms with Crippen molar-refractivity contribution >= 4 is 5.91 Å². The van der Waals surface area contributed by atoms with E-state index in [-0.39, 0.29) is 12.5 Å². The number of carbonyl (C=O) groups excluding carboxylic acids is 1. The van der Waals surface area contributed by atoms with Gasteiger partial charge in [-0.15, -0.1) is 0 Å². The number of hydrogen-bond acceptors (Lipinski definition) is 3. The monoisotopic (exact) mass is 239 g/mol. The first-order valence-electron chi connectivity index (χ1n) is 5.97. The number of aliphatic hydroxyl groups is 1. The van der Waals surface area contributed by atoms with Crippen molar-refractivity contribution in [3.8, 4) is 0 Å². The van der Waals surface area contributed by atoms with Crippen LogP contribution < -0.4 is 5.32 Å². The SMILES string of the molecule is Cc1nn(C)c(C)c1C(=O)NCCCCCO. The number of aryl methyl sites for hydroxylation is 2. The summed E-state index contributed by atoms with van der Waals surface area (Å²) in [6, 6.07) is 0. The van der Waals surface area contributed by atoms with Crippen LogP contribution in [-0.4, -0.2) is 33.9 Å². The summed E-state index contributed by atoms with van der Waals surface area (Å²) in [5.41, 5.74) is 2.32. The van der Waals surface area contributed by atoms with Gasteiger partial charge in [-0.05, 0) is 33.1 Å². The minimum absolute atomic E-state index is 0.0582. The van der Waals surface area contributed by atoms with Crippen LogP contribution >= 0.6 is 0 Å². The first kappa shape index (κ1) is 13.7. The lowest BCUT2D eigenvalue weighted by Gasteiger charge is -2.05. The van der Waals surface area contributed by atoms with E-state index in [0.29, 0.717) is 12.1 Å². The normalized spacial score (nSPS) is 10.6. The average Bonchev–Trinajstić information content (AvgIpc) is 2.53. The average molecular weight is 239 g/mol. The highest BCUT2D eigenvalue weighted by Crippen LogP contribution is 2.11. The van der Waals surface area contributed by atoms with E-state index < -0.39 is 0 Å². The minimum atomic E-state index is -0.0582. The number of hydrogen-bond donors (Lipinski definition) is 2. The van der Waals surface area contributed by atoms with Crippen molar-refractivity contribution in [2.24, 2.45) is 7.05 Å². The summed E-state index contributed by atoms with van der Waals surface area (Å²) in [7, 11) is 1.83. The molecule has 1 amide bonds. The van der Waals surface area contributed by atoms with Crippen molar-refractivity contribution in [1.29, 1.82) is 0 Å². The lowest BCUT2D eigenvalue weighted by molar-refractivity contribution is 0.0951. The molecule has 0 aliphatic rings. The fraction of sp³-hybridized carbons (Fsp3) is 0.667. The molecular formula is C12H21N3O2. The maximum atomic E-state index is 11.9. The number of rotatable bonds is 6. The van der Waals surface area contributed by atoms with E-state index in [2.05, 4.69) is 10.4 Å². The largest absolute Gasteiger partial charge is 0.396 e. The van der Waals surface area contributed by atoms with Crippen LogP contribution in [0.3, 0.4) is 0 Å². The van der Waals surface area contributed by atoms with E-state index in [9.17, 15) is 4.79 Å². The number of nitrogens with one attached hydrogen (secondary N) is 1. The summed E-state index contributed by atoms with van der Waals surface area (Å²) >= 11 is 0. The molecule has 0 radical (unpaired) electrons. The maximum Gasteiger partial charge on any atom is 0.255 e. The molecule has 0 spiro atoms. The zero-order valence-corrected chi connectivity index (χ0v) is 10.8. The van der Waals surface area contributed by atoms with Crippen molar-refractivity contribution in [2.45, 2.75) is 33.1 Å². The third-order valence-corrected chi connectivity index (χ3v) is 2.86. The first-order valence-corrected chi connectivity index (χ1v) is 5.97. The molecule has 0 fully saturated rings. The third kappa shape index (κ3) is 3.56. The van der Waals surface area contributed by atoms with E-state index in [1.54, 1.807) is 4.68 Å². The summed E-state index contributed by atoms with van der Waals surface area (Å²) in [5.74, 6) is -0.0582. The molecular weight excluding hydrogens is 218 g/mol. The molecule has 1 aromatic heterocycles. The van der Waals surface area contributed by atoms with Crippen LogP contribution in [0.1, 0.15) is 41.0 Å². The van der Waals surface area contributed by atoms with Crippen LogP contribution in [0.5, 0.6) is 0 Å². The molecule has 5 nitrogen and oxygen atoms in total. The molecule has 17 heavy (non-hydrogen) atoms. The Balaban J connectivity index is 2.47. The Labute approximate surface area is 102 Å². The Morgan fingerprint density at radius 3 is 2.59 bits per heavy atom. The molecule has 2 N–H and O–H groups in total. The predicted molar refractivity (Wildman–Crippen MR) is 66.0 cm³/mol. The first-order chi connectivity index (χ1) is 8.07. The molecule has 0 aliphatic heterocycles. The summed E-state index contributed by atoms with van der Waals surface area (Å²) < 4.78 is 1.72. The van der Waals surface area contributed by atoms with Gasteiger partial charge in [0.05, 0.1) is 11.3 Å². The van der Waals surface area contributed by atoms with Gasteiger partial charge in [-0.25, -0.2) is 0 Å². The fourth-order valence-electron chi connectivity index (χ4n) is 1.81. The van der Waals surface area contributed by atoms with Gasteiger partial charge < -0.3 is 10.4 Å². The van der Waals surface area contributed by atoms with Crippen LogP contribution in [0.4, 0.5) is 0 Å². The van der Waals surface area contributed by atoms with E-state index in [1.165, 1.54) is 0 Å². The van der Waals surface area contributed by atoms with Gasteiger partial charge in [-0.2, -0.15) is 5.10 Å². The highest BCUT2D eigenvalue weighted by Gasteiger charge is 2.16. The molecule has 0 aliphatic carbocycles. The number of carbonyl (C=O) groups is 1. The smallest absolute Gasteiger partial charge is 0.255 e. The van der Waals surface area contributed by atoms with E-state index in [0.717, 1.165) is 30.7 Å². The van der Waals surface area contributed by atoms with Gasteiger partial charge in [0.25, 0.3) is 5.91 Å². The molecule has 5 heteroatoms. The number of nitrogens with zero attached hydrogens (tertiary/aromatic N) is 2. The summed E-state index contributed by atoms with van der Waals surface area (Å²) in [6.07, 6.45) is 2.62. The van der Waals surface area contributed by atoms with Crippen LogP contribution in [-0.2, 0) is 7.05 Å². The van der Waals surface area contributed by atoms with Gasteiger partial charge >= 0.3 is 0 Å². The Morgan fingerprint density at radius 2 is 2.06 bits per heavy atom. The molecule has 0 unspecified atom stereocenters. The topological polar surface area (TPSA) is 67.2 Å². The van der Waals surface area contributed by atoms with Crippen LogP contribution in [0.15, 0.2) is 0 Å². The molecule has 1 heterocycles. The Hall–Kier alpha value is -1.36. The molecule has 1 rings (SSSR count). The number of amides is 1. The van der Waals surface area contributed by atoms with Crippen LogP contribution in [0.25, 0.3) is 0 Å². The second-order valence-corrected chi connectivity index (χ2v) is 4.21. The lowest BCUT2D eigenvalue weighted by Crippen LogP contribution is -2.25. The van der Waals surface area contributed by atoms with Crippen molar-refractivity contribution in [3.05, 3.63) is 17.0 Å². The summed E-state index contributed by atoms with van der Waals surface area (Å²) in [6.45, 7) is 4.59. The third-order valence-electron chi connectivity index (χ3n) is 2.86. The van der Waals surface area contributed by atoms with Gasteiger partial charge in [-0.1, -0.05) is 0 Å². The fourth-order valence-corrected chi connectivity index (χ4v) is 1.81. The van der Waals surface area contributed by atoms with E-state index >= 15 is 0 Å². The Bertz CT molecular complexity index is 385. The van der Waals surface area contributed by atoms with Crippen LogP contribution in [0, 0.1) is 13.8 Å². The molecule has 0 bridgehead atoms. The molecule has 1 aromatic rings. The highest BCUT2D eigenvalue weighted by molar-refractivity contribution is 5.96. The molecule has 96 valence electrons. The molecule has 0 saturated heterocycles. The van der Waals surface area contributed by atoms with E-state index in [1.807, 2.05) is 20.9 Å². The van der Waals surface area contributed by atoms with Gasteiger partial charge in [0, 0.05) is 25.9 Å². The highest BCUT2D eigenvalue weighted by atomic mass is 16.2. The van der Waals surface area contributed by atoms with Gasteiger partial charge in [0.1, 0.15) is 0 Å². The minimum Gasteiger partial charge on any atom is -0.396 e. The zero-order chi connectivity index (χ0) is 12.8. The van der Waals surface area contributed by atoms with Crippen molar-refractivity contribution in [1.82, 2.24) is 15.1 Å². The predicted octanol–water partition coefficient (Wildman–Crippen LogP) is 0.929. The van der Waals surface area contributed by atoms with Crippen molar-refractivity contribution < 1.29 is 9.90 Å². The van der Waals surface area contributed by atoms with Gasteiger partial charge in [0.15, 0.2) is 0 Å². The quantitative estimate of drug-likeness (QED) is 0.726. The number of unbranched alkanes of at least 4 members (excludes halogenated alkanes) is 2. The summed E-state index contributed by atoms with van der Waals surface area (Å²) in [5, 5.41) is 15.7. The number of aliphatic hydroxyl groups excluding tert-OH is 1. The lowest BCUT2D eigenvalue weighted by atomic mass is 10.2. The zero-order valence-electron chi connectivity index (χ0n) is 10.8. The second kappa shape index (κ2) is 6.39. The standard InChI is InChI=1S/C12H21N3O2/c1-9-11(10(2)15(3)14-9)12(17)13-7-5-4-6-8-16/h16H,4-8H2,1-3H3,(H,13,17). The van der Waals surface area contributed by atoms with E-state index in [4.69, 9.17) is 5.11 Å². The molecule has 0 aromatic carbocycles. The second-order valence-electron chi connectivity index (χ2n) is 4.21. The van der Waals surface area contributed by atoms with Gasteiger partial charge in [0.2, 0.25) is 0 Å². The molecule has 0 saturated carbocycles. The summed E-state index contributed by atoms with van der Waals surface area (Å²) in [4.78, 5) is 11.9. The van der Waals surface area contributed by atoms with Gasteiger partial charge in [-0.3, -0.25) is 9.48 Å². The number of aromatic nitrogens is 2.